The van der Waals surface area contributed by atoms with Crippen LogP contribution < -0.4 is 4.90 Å². The Morgan fingerprint density at radius 3 is 2.60 bits per heavy atom. The molecule has 2 amide bonds. The van der Waals surface area contributed by atoms with Crippen molar-refractivity contribution in [3.8, 4) is 0 Å². The number of ether oxygens (including phenoxy) is 1. The number of rotatable bonds is 1. The van der Waals surface area contributed by atoms with Gasteiger partial charge in [0.1, 0.15) is 11.6 Å². The molecule has 1 aromatic carbocycles. The first-order valence-corrected chi connectivity index (χ1v) is 9.15. The fraction of sp³-hybridized carbons (Fsp3) is 0.600. The molecule has 25 heavy (non-hydrogen) atoms. The predicted octanol–water partition coefficient (Wildman–Crippen LogP) is 3.61. The first-order chi connectivity index (χ1) is 11.8. The molecular formula is C20H28N2O3. The number of benzene rings is 1. The van der Waals surface area contributed by atoms with Crippen LogP contribution in [-0.2, 0) is 16.0 Å². The predicted molar refractivity (Wildman–Crippen MR) is 97.6 cm³/mol. The molecular weight excluding hydrogens is 316 g/mol. The van der Waals surface area contributed by atoms with Gasteiger partial charge >= 0.3 is 6.09 Å². The Morgan fingerprint density at radius 1 is 1.20 bits per heavy atom. The maximum Gasteiger partial charge on any atom is 0.415 e. The highest BCUT2D eigenvalue weighted by Crippen LogP contribution is 2.34. The molecule has 1 aromatic rings. The Labute approximate surface area is 149 Å². The highest BCUT2D eigenvalue weighted by molar-refractivity contribution is 6.00. The maximum absolute atomic E-state index is 13.2. The van der Waals surface area contributed by atoms with E-state index in [1.54, 1.807) is 4.90 Å². The summed E-state index contributed by atoms with van der Waals surface area (Å²) < 4.78 is 5.58. The molecule has 2 aliphatic heterocycles. The van der Waals surface area contributed by atoms with Gasteiger partial charge in [0.25, 0.3) is 0 Å². The van der Waals surface area contributed by atoms with E-state index in [1.807, 2.05) is 49.9 Å². The maximum atomic E-state index is 13.2. The first-order valence-electron chi connectivity index (χ1n) is 9.15. The molecule has 5 heteroatoms. The number of hydrogen-bond donors (Lipinski definition) is 0. The number of nitrogens with zero attached hydrogens (tertiary/aromatic N) is 2. The zero-order valence-corrected chi connectivity index (χ0v) is 15.6. The number of piperidine rings is 1. The van der Waals surface area contributed by atoms with Crippen molar-refractivity contribution in [1.29, 1.82) is 0 Å². The van der Waals surface area contributed by atoms with Crippen molar-refractivity contribution in [2.75, 3.05) is 18.0 Å². The first kappa shape index (κ1) is 17.8. The van der Waals surface area contributed by atoms with E-state index in [0.29, 0.717) is 12.3 Å². The molecule has 2 heterocycles. The van der Waals surface area contributed by atoms with E-state index in [9.17, 15) is 9.59 Å². The average molecular weight is 344 g/mol. The number of para-hydroxylation sites is 1. The lowest BCUT2D eigenvalue weighted by atomic mass is 9.99. The smallest absolute Gasteiger partial charge is 0.415 e. The minimum Gasteiger partial charge on any atom is -0.443 e. The van der Waals surface area contributed by atoms with Crippen LogP contribution in [-0.4, -0.2) is 41.6 Å². The number of carbonyl (C=O) groups is 2. The van der Waals surface area contributed by atoms with Gasteiger partial charge in [-0.05, 0) is 51.2 Å². The van der Waals surface area contributed by atoms with E-state index >= 15 is 0 Å². The van der Waals surface area contributed by atoms with Crippen molar-refractivity contribution >= 4 is 17.7 Å². The van der Waals surface area contributed by atoms with Crippen LogP contribution in [0.5, 0.6) is 0 Å². The second kappa shape index (κ2) is 6.70. The Hall–Kier alpha value is -2.04. The van der Waals surface area contributed by atoms with Crippen LogP contribution in [0.25, 0.3) is 0 Å². The van der Waals surface area contributed by atoms with Crippen LogP contribution >= 0.6 is 0 Å². The molecule has 0 radical (unpaired) electrons. The van der Waals surface area contributed by atoms with Crippen molar-refractivity contribution in [3.63, 3.8) is 0 Å². The van der Waals surface area contributed by atoms with Crippen molar-refractivity contribution in [3.05, 3.63) is 29.8 Å². The third-order valence-electron chi connectivity index (χ3n) is 4.82. The van der Waals surface area contributed by atoms with Gasteiger partial charge in [-0.15, -0.1) is 0 Å². The number of anilines is 1. The average Bonchev–Trinajstić information content (AvgIpc) is 2.92. The van der Waals surface area contributed by atoms with Gasteiger partial charge in [-0.2, -0.15) is 0 Å². The zero-order chi connectivity index (χ0) is 18.2. The molecule has 2 aliphatic rings. The Balaban J connectivity index is 1.87. The van der Waals surface area contributed by atoms with Gasteiger partial charge in [0.15, 0.2) is 0 Å². The Kier molecular flexibility index (Phi) is 4.76. The number of likely N-dealkylation sites (tertiary alicyclic amines) is 1. The summed E-state index contributed by atoms with van der Waals surface area (Å²) in [6.07, 6.45) is 2.30. The lowest BCUT2D eigenvalue weighted by Gasteiger charge is -2.35. The largest absolute Gasteiger partial charge is 0.443 e. The molecule has 2 atom stereocenters. The molecule has 0 N–H and O–H groups in total. The molecule has 0 saturated carbocycles. The SMILES string of the molecule is C[C@@H]1CCCN(C(=O)[C@@H]2Cc3ccccc3N2C(=O)OC(C)(C)C)C1. The van der Waals surface area contributed by atoms with Crippen LogP contribution in [0.1, 0.15) is 46.1 Å². The van der Waals surface area contributed by atoms with E-state index in [-0.39, 0.29) is 5.91 Å². The van der Waals surface area contributed by atoms with Crippen molar-refractivity contribution < 1.29 is 14.3 Å². The summed E-state index contributed by atoms with van der Waals surface area (Å²) in [5, 5.41) is 0. The summed E-state index contributed by atoms with van der Waals surface area (Å²) in [4.78, 5) is 29.5. The van der Waals surface area contributed by atoms with Crippen LogP contribution in [0.2, 0.25) is 0 Å². The summed E-state index contributed by atoms with van der Waals surface area (Å²) in [5.41, 5.74) is 1.22. The van der Waals surface area contributed by atoms with E-state index in [1.165, 1.54) is 0 Å². The fourth-order valence-corrected chi connectivity index (χ4v) is 3.72. The lowest BCUT2D eigenvalue weighted by molar-refractivity contribution is -0.134. The molecule has 1 fully saturated rings. The number of hydrogen-bond acceptors (Lipinski definition) is 3. The van der Waals surface area contributed by atoms with Crippen LogP contribution in [0.3, 0.4) is 0 Å². The van der Waals surface area contributed by atoms with Crippen molar-refractivity contribution in [2.24, 2.45) is 5.92 Å². The van der Waals surface area contributed by atoms with E-state index < -0.39 is 17.7 Å². The molecule has 0 aliphatic carbocycles. The number of fused-ring (bicyclic) bond motifs is 1. The molecule has 0 unspecified atom stereocenters. The Morgan fingerprint density at radius 2 is 1.92 bits per heavy atom. The third kappa shape index (κ3) is 3.80. The van der Waals surface area contributed by atoms with E-state index in [2.05, 4.69) is 6.92 Å². The second-order valence-electron chi connectivity index (χ2n) is 8.23. The van der Waals surface area contributed by atoms with Gasteiger partial charge in [-0.3, -0.25) is 9.69 Å². The minimum absolute atomic E-state index is 0.0357. The van der Waals surface area contributed by atoms with Gasteiger partial charge < -0.3 is 9.64 Å². The molecule has 3 rings (SSSR count). The second-order valence-corrected chi connectivity index (χ2v) is 8.23. The molecule has 0 aromatic heterocycles. The number of carbonyl (C=O) groups excluding carboxylic acids is 2. The zero-order valence-electron chi connectivity index (χ0n) is 15.6. The Bertz CT molecular complexity index is 665. The van der Waals surface area contributed by atoms with Gasteiger partial charge in [-0.1, -0.05) is 25.1 Å². The van der Waals surface area contributed by atoms with Crippen LogP contribution in [0, 0.1) is 5.92 Å². The lowest BCUT2D eigenvalue weighted by Crippen LogP contribution is -2.52. The summed E-state index contributed by atoms with van der Waals surface area (Å²) >= 11 is 0. The number of amides is 2. The molecule has 0 spiro atoms. The highest BCUT2D eigenvalue weighted by Gasteiger charge is 2.42. The standard InChI is InChI=1S/C20H28N2O3/c1-14-8-7-11-21(13-14)18(23)17-12-15-9-5-6-10-16(15)22(17)19(24)25-20(2,3)4/h5-6,9-10,14,17H,7-8,11-13H2,1-4H3/t14-,17+/m1/s1. The van der Waals surface area contributed by atoms with Gasteiger partial charge in [-0.25, -0.2) is 4.79 Å². The molecule has 1 saturated heterocycles. The molecule has 0 bridgehead atoms. The minimum atomic E-state index is -0.595. The van der Waals surface area contributed by atoms with E-state index in [4.69, 9.17) is 4.74 Å². The fourth-order valence-electron chi connectivity index (χ4n) is 3.72. The highest BCUT2D eigenvalue weighted by atomic mass is 16.6. The van der Waals surface area contributed by atoms with Gasteiger partial charge in [0.05, 0.1) is 5.69 Å². The summed E-state index contributed by atoms with van der Waals surface area (Å²) in [6, 6.07) is 7.22. The topological polar surface area (TPSA) is 49.9 Å². The van der Waals surface area contributed by atoms with Gasteiger partial charge in [0.2, 0.25) is 5.91 Å². The molecule has 136 valence electrons. The summed E-state index contributed by atoms with van der Waals surface area (Å²) in [7, 11) is 0. The van der Waals surface area contributed by atoms with Gasteiger partial charge in [0, 0.05) is 19.5 Å². The quantitative estimate of drug-likeness (QED) is 0.782. The van der Waals surface area contributed by atoms with E-state index in [0.717, 1.165) is 37.2 Å². The summed E-state index contributed by atoms with van der Waals surface area (Å²) in [6.45, 7) is 9.25. The normalized spacial score (nSPS) is 23.4. The van der Waals surface area contributed by atoms with Crippen LogP contribution in [0.4, 0.5) is 10.5 Å². The summed E-state index contributed by atoms with van der Waals surface area (Å²) in [5.74, 6) is 0.546. The monoisotopic (exact) mass is 344 g/mol. The van der Waals surface area contributed by atoms with Crippen molar-refractivity contribution in [1.82, 2.24) is 4.90 Å². The third-order valence-corrected chi connectivity index (χ3v) is 4.82. The molecule has 5 nitrogen and oxygen atoms in total. The van der Waals surface area contributed by atoms with Crippen LogP contribution in [0.15, 0.2) is 24.3 Å². The van der Waals surface area contributed by atoms with Crippen molar-refractivity contribution in [2.45, 2.75) is 58.6 Å².